The summed E-state index contributed by atoms with van der Waals surface area (Å²) < 4.78 is 0. The minimum Gasteiger partial charge on any atom is -0.373 e. The van der Waals surface area contributed by atoms with Crippen molar-refractivity contribution in [1.29, 1.82) is 0 Å². The molecule has 3 rings (SSSR count). The average Bonchev–Trinajstić information content (AvgIpc) is 3.27. The Morgan fingerprint density at radius 2 is 2.10 bits per heavy atom. The van der Waals surface area contributed by atoms with Crippen LogP contribution in [0.4, 0.5) is 11.6 Å². The highest BCUT2D eigenvalue weighted by Crippen LogP contribution is 2.40. The smallest absolute Gasteiger partial charge is 0.242 e. The van der Waals surface area contributed by atoms with Crippen molar-refractivity contribution in [2.45, 2.75) is 38.6 Å². The van der Waals surface area contributed by atoms with Gasteiger partial charge in [-0.3, -0.25) is 4.79 Å². The molecule has 20 heavy (non-hydrogen) atoms. The average molecular weight is 275 g/mol. The third kappa shape index (κ3) is 2.19. The van der Waals surface area contributed by atoms with Crippen molar-refractivity contribution in [1.82, 2.24) is 15.3 Å². The minimum absolute atomic E-state index is 0.0632. The monoisotopic (exact) mass is 275 g/mol. The summed E-state index contributed by atoms with van der Waals surface area (Å²) >= 11 is 0. The van der Waals surface area contributed by atoms with Crippen LogP contribution in [0.1, 0.15) is 37.1 Å². The molecule has 1 aromatic heterocycles. The molecule has 1 amide bonds. The Morgan fingerprint density at radius 1 is 1.35 bits per heavy atom. The molecular formula is C14H21N5O. The van der Waals surface area contributed by atoms with E-state index in [1.54, 1.807) is 0 Å². The van der Waals surface area contributed by atoms with E-state index in [1.165, 1.54) is 12.8 Å². The van der Waals surface area contributed by atoms with E-state index in [9.17, 15) is 4.79 Å². The molecular weight excluding hydrogens is 254 g/mol. The van der Waals surface area contributed by atoms with E-state index in [2.05, 4.69) is 20.5 Å². The Hall–Kier alpha value is -1.85. The van der Waals surface area contributed by atoms with Crippen molar-refractivity contribution in [2.75, 3.05) is 30.4 Å². The fourth-order valence-corrected chi connectivity index (χ4v) is 2.64. The first-order chi connectivity index (χ1) is 9.61. The number of rotatable bonds is 3. The van der Waals surface area contributed by atoms with Gasteiger partial charge >= 0.3 is 0 Å². The van der Waals surface area contributed by atoms with E-state index in [4.69, 9.17) is 4.98 Å². The predicted octanol–water partition coefficient (Wildman–Crippen LogP) is 1.03. The zero-order valence-electron chi connectivity index (χ0n) is 12.2. The third-order valence-electron chi connectivity index (χ3n) is 4.09. The largest absolute Gasteiger partial charge is 0.373 e. The van der Waals surface area contributed by atoms with Crippen LogP contribution in [0.3, 0.4) is 0 Å². The number of hydrogen-bond acceptors (Lipinski definition) is 5. The number of piperazine rings is 1. The molecule has 6 nitrogen and oxygen atoms in total. The molecule has 0 spiro atoms. The van der Waals surface area contributed by atoms with Crippen molar-refractivity contribution in [3.05, 3.63) is 11.4 Å². The molecule has 1 saturated heterocycles. The van der Waals surface area contributed by atoms with E-state index in [0.29, 0.717) is 12.5 Å². The fourth-order valence-electron chi connectivity index (χ4n) is 2.64. The van der Waals surface area contributed by atoms with Crippen LogP contribution in [0.2, 0.25) is 0 Å². The number of carbonyl (C=O) groups is 1. The number of carbonyl (C=O) groups excluding carboxylic acids is 1. The van der Waals surface area contributed by atoms with Gasteiger partial charge in [0.05, 0.1) is 0 Å². The summed E-state index contributed by atoms with van der Waals surface area (Å²) in [5.41, 5.74) is 1.01. The second-order valence-corrected chi connectivity index (χ2v) is 5.56. The van der Waals surface area contributed by atoms with E-state index in [1.807, 2.05) is 20.9 Å². The molecule has 1 saturated carbocycles. The zero-order chi connectivity index (χ0) is 14.3. The summed E-state index contributed by atoms with van der Waals surface area (Å²) in [5.74, 6) is 3.24. The summed E-state index contributed by atoms with van der Waals surface area (Å²) in [5, 5.41) is 6.04. The first-order valence-electron chi connectivity index (χ1n) is 7.22. The van der Waals surface area contributed by atoms with Gasteiger partial charge < -0.3 is 15.5 Å². The van der Waals surface area contributed by atoms with Crippen molar-refractivity contribution in [3.63, 3.8) is 0 Å². The second kappa shape index (κ2) is 4.92. The third-order valence-corrected chi connectivity index (χ3v) is 4.09. The van der Waals surface area contributed by atoms with Gasteiger partial charge in [-0.25, -0.2) is 9.97 Å². The maximum absolute atomic E-state index is 11.9. The molecule has 2 heterocycles. The van der Waals surface area contributed by atoms with Gasteiger partial charge in [0.2, 0.25) is 5.91 Å². The fraction of sp³-hybridized carbons (Fsp3) is 0.643. The Balaban J connectivity index is 2.02. The lowest BCUT2D eigenvalue weighted by atomic mass is 10.1. The first-order valence-corrected chi connectivity index (χ1v) is 7.22. The standard InChI is InChI=1S/C14H21N5O/c1-8-11(15-3)17-12(10-4-5-10)18-13(8)19-7-6-16-14(20)9(19)2/h9-10H,4-7H2,1-3H3,(H,16,20)(H,15,17,18). The van der Waals surface area contributed by atoms with Crippen LogP contribution in [-0.4, -0.2) is 42.1 Å². The lowest BCUT2D eigenvalue weighted by molar-refractivity contribution is -0.122. The normalized spacial score (nSPS) is 22.6. The molecule has 2 N–H and O–H groups in total. The van der Waals surface area contributed by atoms with Gasteiger partial charge in [-0.05, 0) is 26.7 Å². The van der Waals surface area contributed by atoms with E-state index in [0.717, 1.165) is 29.6 Å². The van der Waals surface area contributed by atoms with Crippen LogP contribution in [0.25, 0.3) is 0 Å². The first kappa shape index (κ1) is 13.1. The number of amides is 1. The summed E-state index contributed by atoms with van der Waals surface area (Å²) in [6, 6.07) is -0.186. The molecule has 2 aliphatic rings. The minimum atomic E-state index is -0.186. The van der Waals surface area contributed by atoms with Gasteiger partial charge in [0.25, 0.3) is 0 Å². The lowest BCUT2D eigenvalue weighted by Crippen LogP contribution is -2.54. The van der Waals surface area contributed by atoms with Crippen molar-refractivity contribution in [3.8, 4) is 0 Å². The van der Waals surface area contributed by atoms with Crippen LogP contribution in [0.15, 0.2) is 0 Å². The molecule has 1 aliphatic heterocycles. The van der Waals surface area contributed by atoms with Gasteiger partial charge in [-0.1, -0.05) is 0 Å². The Bertz CT molecular complexity index is 541. The zero-order valence-corrected chi connectivity index (χ0v) is 12.2. The maximum atomic E-state index is 11.9. The molecule has 1 aliphatic carbocycles. The highest BCUT2D eigenvalue weighted by Gasteiger charge is 2.32. The molecule has 2 fully saturated rings. The summed E-state index contributed by atoms with van der Waals surface area (Å²) in [4.78, 5) is 23.3. The molecule has 1 aromatic rings. The van der Waals surface area contributed by atoms with Crippen LogP contribution in [0, 0.1) is 6.92 Å². The second-order valence-electron chi connectivity index (χ2n) is 5.56. The maximum Gasteiger partial charge on any atom is 0.242 e. The molecule has 6 heteroatoms. The highest BCUT2D eigenvalue weighted by molar-refractivity contribution is 5.86. The van der Waals surface area contributed by atoms with Crippen molar-refractivity contribution >= 4 is 17.5 Å². The summed E-state index contributed by atoms with van der Waals surface area (Å²) in [6.07, 6.45) is 2.34. The summed E-state index contributed by atoms with van der Waals surface area (Å²) in [6.45, 7) is 5.39. The number of nitrogens with one attached hydrogen (secondary N) is 2. The lowest BCUT2D eigenvalue weighted by Gasteiger charge is -2.35. The topological polar surface area (TPSA) is 70.2 Å². The number of anilines is 2. The molecule has 0 radical (unpaired) electrons. The van der Waals surface area contributed by atoms with E-state index in [-0.39, 0.29) is 11.9 Å². The van der Waals surface area contributed by atoms with E-state index < -0.39 is 0 Å². The number of nitrogens with zero attached hydrogens (tertiary/aromatic N) is 3. The van der Waals surface area contributed by atoms with Gasteiger partial charge in [0.1, 0.15) is 23.5 Å². The Labute approximate surface area is 119 Å². The number of aromatic nitrogens is 2. The molecule has 1 unspecified atom stereocenters. The van der Waals surface area contributed by atoms with Gasteiger partial charge in [0.15, 0.2) is 0 Å². The quantitative estimate of drug-likeness (QED) is 0.862. The van der Waals surface area contributed by atoms with Crippen LogP contribution in [-0.2, 0) is 4.79 Å². The SMILES string of the molecule is CNc1nc(C2CC2)nc(N2CCNC(=O)C2C)c1C. The van der Waals surface area contributed by atoms with Gasteiger partial charge in [-0.2, -0.15) is 0 Å². The van der Waals surface area contributed by atoms with Crippen molar-refractivity contribution < 1.29 is 4.79 Å². The van der Waals surface area contributed by atoms with Crippen LogP contribution >= 0.6 is 0 Å². The Morgan fingerprint density at radius 3 is 2.75 bits per heavy atom. The van der Waals surface area contributed by atoms with Gasteiger partial charge in [0, 0.05) is 31.6 Å². The predicted molar refractivity (Wildman–Crippen MR) is 78.1 cm³/mol. The molecule has 0 bridgehead atoms. The summed E-state index contributed by atoms with van der Waals surface area (Å²) in [7, 11) is 1.88. The van der Waals surface area contributed by atoms with Crippen LogP contribution in [0.5, 0.6) is 0 Å². The van der Waals surface area contributed by atoms with E-state index >= 15 is 0 Å². The highest BCUT2D eigenvalue weighted by atomic mass is 16.2. The number of hydrogen-bond donors (Lipinski definition) is 2. The molecule has 108 valence electrons. The van der Waals surface area contributed by atoms with Crippen molar-refractivity contribution in [2.24, 2.45) is 0 Å². The van der Waals surface area contributed by atoms with Gasteiger partial charge in [-0.15, -0.1) is 0 Å². The molecule has 0 aromatic carbocycles. The Kier molecular flexibility index (Phi) is 3.23. The van der Waals surface area contributed by atoms with Crippen LogP contribution < -0.4 is 15.5 Å². The molecule has 1 atom stereocenters.